The summed E-state index contributed by atoms with van der Waals surface area (Å²) in [7, 11) is 0. The van der Waals surface area contributed by atoms with Gasteiger partial charge in [-0.1, -0.05) is 34.1 Å². The highest BCUT2D eigenvalue weighted by molar-refractivity contribution is 5.12. The molecule has 0 heterocycles. The monoisotopic (exact) mass is 180 g/mol. The summed E-state index contributed by atoms with van der Waals surface area (Å²) in [5.74, 6) is 4.17. The van der Waals surface area contributed by atoms with Crippen LogP contribution in [0, 0.1) is 29.1 Å². The van der Waals surface area contributed by atoms with Gasteiger partial charge in [0.1, 0.15) is 0 Å². The molecule has 0 aliphatic heterocycles. The van der Waals surface area contributed by atoms with Crippen LogP contribution in [-0.4, -0.2) is 0 Å². The number of hydrogen-bond acceptors (Lipinski definition) is 0. The second-order valence-electron chi connectivity index (χ2n) is 5.87. The molecule has 0 N–H and O–H groups in total. The van der Waals surface area contributed by atoms with Crippen LogP contribution in [0.2, 0.25) is 0 Å². The first-order chi connectivity index (χ1) is 6.09. The van der Waals surface area contributed by atoms with E-state index in [0.29, 0.717) is 0 Å². The second kappa shape index (κ2) is 3.00. The van der Waals surface area contributed by atoms with Crippen LogP contribution >= 0.6 is 0 Å². The molecule has 0 saturated heterocycles. The fourth-order valence-corrected chi connectivity index (χ4v) is 3.80. The van der Waals surface area contributed by atoms with Crippen molar-refractivity contribution in [2.24, 2.45) is 29.1 Å². The minimum atomic E-state index is 0.776. The number of rotatable bonds is 3. The van der Waals surface area contributed by atoms with E-state index in [1.165, 1.54) is 25.7 Å². The third-order valence-electron chi connectivity index (χ3n) is 5.19. The molecule has 0 amide bonds. The van der Waals surface area contributed by atoms with Crippen molar-refractivity contribution in [1.29, 1.82) is 0 Å². The standard InChI is InChI=1S/C13H24/c1-5-9(2)8-11-6-7-13(4)10(3)12(11)13/h9-12H,5-8H2,1-4H3. The third kappa shape index (κ3) is 1.33. The molecule has 0 radical (unpaired) electrons. The molecule has 0 aromatic rings. The van der Waals surface area contributed by atoms with Crippen molar-refractivity contribution in [1.82, 2.24) is 0 Å². The van der Waals surface area contributed by atoms with Crippen LogP contribution in [0.25, 0.3) is 0 Å². The molecule has 2 aliphatic rings. The van der Waals surface area contributed by atoms with E-state index in [4.69, 9.17) is 0 Å². The van der Waals surface area contributed by atoms with Crippen LogP contribution < -0.4 is 0 Å². The summed E-state index contributed by atoms with van der Waals surface area (Å²) >= 11 is 0. The van der Waals surface area contributed by atoms with Gasteiger partial charge in [0.2, 0.25) is 0 Å². The lowest BCUT2D eigenvalue weighted by atomic mass is 9.89. The molecule has 0 spiro atoms. The Bertz CT molecular complexity index is 196. The van der Waals surface area contributed by atoms with Gasteiger partial charge in [-0.2, -0.15) is 0 Å². The van der Waals surface area contributed by atoms with E-state index in [2.05, 4.69) is 27.7 Å². The normalized spacial score (nSPS) is 50.3. The summed E-state index contributed by atoms with van der Waals surface area (Å²) in [6, 6.07) is 0. The molecule has 76 valence electrons. The second-order valence-corrected chi connectivity index (χ2v) is 5.87. The molecular weight excluding hydrogens is 156 g/mol. The van der Waals surface area contributed by atoms with Crippen LogP contribution in [0.4, 0.5) is 0 Å². The maximum Gasteiger partial charge on any atom is -0.0263 e. The lowest BCUT2D eigenvalue weighted by Gasteiger charge is -2.17. The van der Waals surface area contributed by atoms with Crippen LogP contribution in [-0.2, 0) is 0 Å². The van der Waals surface area contributed by atoms with Gasteiger partial charge in [0.15, 0.2) is 0 Å². The first-order valence-electron chi connectivity index (χ1n) is 6.09. The van der Waals surface area contributed by atoms with Gasteiger partial charge in [-0.05, 0) is 48.3 Å². The van der Waals surface area contributed by atoms with Crippen LogP contribution in [0.15, 0.2) is 0 Å². The van der Waals surface area contributed by atoms with Crippen LogP contribution in [0.1, 0.15) is 53.4 Å². The Labute approximate surface area is 83.1 Å². The van der Waals surface area contributed by atoms with Gasteiger partial charge < -0.3 is 0 Å². The maximum atomic E-state index is 2.51. The van der Waals surface area contributed by atoms with Crippen LogP contribution in [0.3, 0.4) is 0 Å². The van der Waals surface area contributed by atoms with Crippen molar-refractivity contribution in [3.05, 3.63) is 0 Å². The molecule has 2 saturated carbocycles. The largest absolute Gasteiger partial charge is 0.0651 e. The summed E-state index contributed by atoms with van der Waals surface area (Å²) in [6.07, 6.45) is 5.91. The minimum absolute atomic E-state index is 0.776. The molecule has 2 aliphatic carbocycles. The fraction of sp³-hybridized carbons (Fsp3) is 1.00. The van der Waals surface area contributed by atoms with Gasteiger partial charge in [-0.15, -0.1) is 0 Å². The molecule has 0 aromatic heterocycles. The molecule has 5 unspecified atom stereocenters. The predicted molar refractivity (Wildman–Crippen MR) is 57.6 cm³/mol. The lowest BCUT2D eigenvalue weighted by molar-refractivity contribution is 0.341. The van der Waals surface area contributed by atoms with E-state index in [-0.39, 0.29) is 0 Å². The van der Waals surface area contributed by atoms with Crippen molar-refractivity contribution >= 4 is 0 Å². The van der Waals surface area contributed by atoms with Gasteiger partial charge in [-0.25, -0.2) is 0 Å². The average molecular weight is 180 g/mol. The smallest absolute Gasteiger partial charge is 0.0263 e. The van der Waals surface area contributed by atoms with Gasteiger partial charge in [-0.3, -0.25) is 0 Å². The molecule has 5 atom stereocenters. The molecule has 0 bridgehead atoms. The first-order valence-corrected chi connectivity index (χ1v) is 6.09. The van der Waals surface area contributed by atoms with Gasteiger partial charge in [0.05, 0.1) is 0 Å². The Kier molecular flexibility index (Phi) is 2.20. The Hall–Kier alpha value is 0. The summed E-state index contributed by atoms with van der Waals surface area (Å²) in [5, 5.41) is 0. The third-order valence-corrected chi connectivity index (χ3v) is 5.19. The Morgan fingerprint density at radius 3 is 2.62 bits per heavy atom. The number of fused-ring (bicyclic) bond motifs is 1. The highest BCUT2D eigenvalue weighted by Gasteiger charge is 2.64. The van der Waals surface area contributed by atoms with Crippen molar-refractivity contribution in [2.75, 3.05) is 0 Å². The minimum Gasteiger partial charge on any atom is -0.0651 e. The van der Waals surface area contributed by atoms with Crippen molar-refractivity contribution in [2.45, 2.75) is 53.4 Å². The van der Waals surface area contributed by atoms with E-state index in [1.54, 1.807) is 0 Å². The van der Waals surface area contributed by atoms with E-state index >= 15 is 0 Å². The maximum absolute atomic E-state index is 2.51. The zero-order valence-corrected chi connectivity index (χ0v) is 9.64. The summed E-state index contributed by atoms with van der Waals surface area (Å²) < 4.78 is 0. The lowest BCUT2D eigenvalue weighted by Crippen LogP contribution is -2.06. The molecule has 0 aromatic carbocycles. The summed E-state index contributed by atoms with van der Waals surface area (Å²) in [6.45, 7) is 9.73. The van der Waals surface area contributed by atoms with Gasteiger partial charge >= 0.3 is 0 Å². The van der Waals surface area contributed by atoms with E-state index < -0.39 is 0 Å². The average Bonchev–Trinajstić information content (AvgIpc) is 2.49. The Balaban J connectivity index is 1.90. The molecular formula is C13H24. The predicted octanol–water partition coefficient (Wildman–Crippen LogP) is 4.10. The molecule has 2 fully saturated rings. The van der Waals surface area contributed by atoms with Crippen molar-refractivity contribution in [3.8, 4) is 0 Å². The van der Waals surface area contributed by atoms with E-state index in [1.807, 2.05) is 0 Å². The van der Waals surface area contributed by atoms with Crippen LogP contribution in [0.5, 0.6) is 0 Å². The molecule has 0 nitrogen and oxygen atoms in total. The van der Waals surface area contributed by atoms with Gasteiger partial charge in [0, 0.05) is 0 Å². The summed E-state index contributed by atoms with van der Waals surface area (Å²) in [4.78, 5) is 0. The van der Waals surface area contributed by atoms with E-state index in [0.717, 1.165) is 29.1 Å². The highest BCUT2D eigenvalue weighted by Crippen LogP contribution is 2.71. The Morgan fingerprint density at radius 1 is 1.46 bits per heavy atom. The quantitative estimate of drug-likeness (QED) is 0.613. The SMILES string of the molecule is CCC(C)CC1CCC2(C)C(C)C12. The van der Waals surface area contributed by atoms with Gasteiger partial charge in [0.25, 0.3) is 0 Å². The topological polar surface area (TPSA) is 0 Å². The Morgan fingerprint density at radius 2 is 2.15 bits per heavy atom. The molecule has 13 heavy (non-hydrogen) atoms. The molecule has 0 heteroatoms. The fourth-order valence-electron chi connectivity index (χ4n) is 3.80. The zero-order valence-electron chi connectivity index (χ0n) is 9.64. The highest BCUT2D eigenvalue weighted by atomic mass is 14.7. The van der Waals surface area contributed by atoms with Crippen molar-refractivity contribution < 1.29 is 0 Å². The number of hydrogen-bond donors (Lipinski definition) is 0. The zero-order chi connectivity index (χ0) is 9.64. The summed E-state index contributed by atoms with van der Waals surface area (Å²) in [5.41, 5.74) is 0.776. The van der Waals surface area contributed by atoms with Crippen molar-refractivity contribution in [3.63, 3.8) is 0 Å². The van der Waals surface area contributed by atoms with E-state index in [9.17, 15) is 0 Å². The first kappa shape index (κ1) is 9.55. The molecule has 2 rings (SSSR count).